The molecule has 1 aromatic carbocycles. The van der Waals surface area contributed by atoms with E-state index in [0.717, 1.165) is 30.7 Å². The summed E-state index contributed by atoms with van der Waals surface area (Å²) in [6.07, 6.45) is 1.49. The molecule has 5 rings (SSSR count). The molecule has 7 nitrogen and oxygen atoms in total. The number of aromatic nitrogens is 2. The molecular formula is C21H22BrF3N4O3S. The first kappa shape index (κ1) is 23.0. The highest BCUT2D eigenvalue weighted by atomic mass is 79.9. The minimum Gasteiger partial charge on any atom is -0.472 e. The molecule has 12 heteroatoms. The molecule has 0 N–H and O–H groups in total. The van der Waals surface area contributed by atoms with E-state index >= 15 is 0 Å². The molecule has 178 valence electrons. The smallest absolute Gasteiger partial charge is 0.416 e. The van der Waals surface area contributed by atoms with Crippen LogP contribution in [0.25, 0.3) is 0 Å². The van der Waals surface area contributed by atoms with Gasteiger partial charge in [0.15, 0.2) is 0 Å². The van der Waals surface area contributed by atoms with E-state index in [2.05, 4.69) is 30.8 Å². The van der Waals surface area contributed by atoms with E-state index in [0.29, 0.717) is 37.4 Å². The number of sulfonamides is 1. The molecule has 1 aromatic heterocycles. The molecule has 0 amide bonds. The number of halogens is 4. The number of rotatable bonds is 5. The van der Waals surface area contributed by atoms with E-state index in [4.69, 9.17) is 4.74 Å². The normalized spacial score (nSPS) is 24.6. The second-order valence-electron chi connectivity index (χ2n) is 8.68. The summed E-state index contributed by atoms with van der Waals surface area (Å²) in [6, 6.07) is 2.60. The standard InChI is InChI=1S/C21H22BrF3N4O3S/c22-17-4-3-14(21(23,24)25)7-19(17)33(30,31)29-6-5-28-12-16(8-15(28)11-29)32-20-10-26-18(9-27-20)13-1-2-13/h3-4,7,9-10,13,15-16H,1-2,5-6,8,11-12H2. The third kappa shape index (κ3) is 4.75. The Morgan fingerprint density at radius 1 is 1.09 bits per heavy atom. The maximum atomic E-state index is 13.2. The van der Waals surface area contributed by atoms with Gasteiger partial charge in [-0.25, -0.2) is 13.4 Å². The first-order chi connectivity index (χ1) is 15.6. The fraction of sp³-hybridized carbons (Fsp3) is 0.524. The molecule has 0 bridgehead atoms. The van der Waals surface area contributed by atoms with Crippen LogP contribution in [-0.2, 0) is 16.2 Å². The Kier molecular flexibility index (Phi) is 5.91. The molecule has 0 radical (unpaired) electrons. The lowest BCUT2D eigenvalue weighted by Crippen LogP contribution is -2.52. The van der Waals surface area contributed by atoms with Crippen molar-refractivity contribution in [3.05, 3.63) is 46.3 Å². The molecule has 3 fully saturated rings. The van der Waals surface area contributed by atoms with Crippen molar-refractivity contribution in [1.29, 1.82) is 0 Å². The summed E-state index contributed by atoms with van der Waals surface area (Å²) in [7, 11) is -4.10. The van der Waals surface area contributed by atoms with Gasteiger partial charge in [0, 0.05) is 49.0 Å². The number of nitrogens with zero attached hydrogens (tertiary/aromatic N) is 4. The quantitative estimate of drug-likeness (QED) is 0.569. The number of alkyl halides is 3. The molecule has 33 heavy (non-hydrogen) atoms. The highest BCUT2D eigenvalue weighted by Crippen LogP contribution is 2.39. The lowest BCUT2D eigenvalue weighted by Gasteiger charge is -2.36. The molecule has 1 saturated carbocycles. The minimum absolute atomic E-state index is 0.0817. The highest BCUT2D eigenvalue weighted by Gasteiger charge is 2.42. The molecule has 3 heterocycles. The molecular weight excluding hydrogens is 525 g/mol. The summed E-state index contributed by atoms with van der Waals surface area (Å²) < 4.78 is 73.2. The summed E-state index contributed by atoms with van der Waals surface area (Å²) in [4.78, 5) is 10.5. The summed E-state index contributed by atoms with van der Waals surface area (Å²) >= 11 is 3.10. The Hall–Kier alpha value is -1.76. The Balaban J connectivity index is 1.27. The Bertz CT molecular complexity index is 1140. The number of ether oxygens (including phenoxy) is 1. The largest absolute Gasteiger partial charge is 0.472 e. The van der Waals surface area contributed by atoms with Gasteiger partial charge in [-0.3, -0.25) is 9.88 Å². The number of hydrogen-bond acceptors (Lipinski definition) is 6. The monoisotopic (exact) mass is 546 g/mol. The van der Waals surface area contributed by atoms with Crippen LogP contribution in [0.5, 0.6) is 5.88 Å². The van der Waals surface area contributed by atoms with Crippen LogP contribution in [0.2, 0.25) is 0 Å². The summed E-state index contributed by atoms with van der Waals surface area (Å²) in [5.41, 5.74) is -0.0150. The van der Waals surface area contributed by atoms with Crippen molar-refractivity contribution in [3.63, 3.8) is 0 Å². The zero-order valence-electron chi connectivity index (χ0n) is 17.5. The number of piperazine rings is 1. The van der Waals surface area contributed by atoms with Gasteiger partial charge in [-0.1, -0.05) is 0 Å². The lowest BCUT2D eigenvalue weighted by atomic mass is 10.2. The van der Waals surface area contributed by atoms with Gasteiger partial charge >= 0.3 is 6.18 Å². The topological polar surface area (TPSA) is 75.6 Å². The Labute approximate surface area is 198 Å². The third-order valence-corrected chi connectivity index (χ3v) is 9.21. The van der Waals surface area contributed by atoms with Gasteiger partial charge in [0.1, 0.15) is 6.10 Å². The number of hydrogen-bond donors (Lipinski definition) is 0. The van der Waals surface area contributed by atoms with Crippen LogP contribution in [0, 0.1) is 0 Å². The molecule has 2 atom stereocenters. The van der Waals surface area contributed by atoms with Crippen molar-refractivity contribution >= 4 is 26.0 Å². The molecule has 2 aromatic rings. The van der Waals surface area contributed by atoms with Gasteiger partial charge in [-0.15, -0.1) is 0 Å². The first-order valence-electron chi connectivity index (χ1n) is 10.7. The lowest BCUT2D eigenvalue weighted by molar-refractivity contribution is -0.137. The summed E-state index contributed by atoms with van der Waals surface area (Å²) in [6.45, 7) is 1.51. The molecule has 0 spiro atoms. The maximum Gasteiger partial charge on any atom is 0.416 e. The van der Waals surface area contributed by atoms with Gasteiger partial charge < -0.3 is 4.74 Å². The van der Waals surface area contributed by atoms with Gasteiger partial charge in [0.2, 0.25) is 15.9 Å². The van der Waals surface area contributed by atoms with Crippen LogP contribution >= 0.6 is 15.9 Å². The Morgan fingerprint density at radius 3 is 2.55 bits per heavy atom. The number of fused-ring (bicyclic) bond motifs is 1. The predicted octanol–water partition coefficient (Wildman–Crippen LogP) is 3.66. The fourth-order valence-corrected chi connectivity index (χ4v) is 6.85. The second kappa shape index (κ2) is 8.47. The SMILES string of the molecule is O=S(=O)(c1cc(C(F)(F)F)ccc1Br)N1CCN2CC(Oc3cnc(C4CC4)cn3)CC2C1. The van der Waals surface area contributed by atoms with Crippen LogP contribution in [0.15, 0.2) is 40.0 Å². The molecule has 3 aliphatic rings. The van der Waals surface area contributed by atoms with Crippen molar-refractivity contribution in [2.45, 2.75) is 48.4 Å². The Morgan fingerprint density at radius 2 is 1.88 bits per heavy atom. The van der Waals surface area contributed by atoms with Crippen LogP contribution in [0.1, 0.15) is 36.4 Å². The van der Waals surface area contributed by atoms with Crippen LogP contribution in [-0.4, -0.2) is 65.9 Å². The van der Waals surface area contributed by atoms with Crippen molar-refractivity contribution in [1.82, 2.24) is 19.2 Å². The molecule has 1 aliphatic carbocycles. The average Bonchev–Trinajstić information content (AvgIpc) is 3.53. The average molecular weight is 547 g/mol. The fourth-order valence-electron chi connectivity index (χ4n) is 4.44. The van der Waals surface area contributed by atoms with Crippen LogP contribution in [0.4, 0.5) is 13.2 Å². The van der Waals surface area contributed by atoms with Crippen molar-refractivity contribution in [3.8, 4) is 5.88 Å². The van der Waals surface area contributed by atoms with Gasteiger partial charge in [-0.05, 0) is 47.0 Å². The minimum atomic E-state index is -4.63. The van der Waals surface area contributed by atoms with Gasteiger partial charge in [0.05, 0.1) is 28.5 Å². The van der Waals surface area contributed by atoms with Crippen molar-refractivity contribution in [2.75, 3.05) is 26.2 Å². The van der Waals surface area contributed by atoms with E-state index < -0.39 is 21.8 Å². The molecule has 2 saturated heterocycles. The first-order valence-corrected chi connectivity index (χ1v) is 12.9. The summed E-state index contributed by atoms with van der Waals surface area (Å²) in [5, 5.41) is 0. The van der Waals surface area contributed by atoms with E-state index in [9.17, 15) is 21.6 Å². The molecule has 2 unspecified atom stereocenters. The van der Waals surface area contributed by atoms with Crippen LogP contribution < -0.4 is 4.74 Å². The third-order valence-electron chi connectivity index (χ3n) is 6.35. The molecule has 2 aliphatic heterocycles. The predicted molar refractivity (Wildman–Crippen MR) is 116 cm³/mol. The van der Waals surface area contributed by atoms with E-state index in [1.807, 2.05) is 0 Å². The van der Waals surface area contributed by atoms with E-state index in [1.165, 1.54) is 4.31 Å². The van der Waals surface area contributed by atoms with E-state index in [1.54, 1.807) is 12.4 Å². The second-order valence-corrected chi connectivity index (χ2v) is 11.4. The van der Waals surface area contributed by atoms with E-state index in [-0.39, 0.29) is 34.6 Å². The van der Waals surface area contributed by atoms with Crippen molar-refractivity contribution in [2.24, 2.45) is 0 Å². The van der Waals surface area contributed by atoms with Gasteiger partial charge in [-0.2, -0.15) is 17.5 Å². The number of benzene rings is 1. The zero-order valence-corrected chi connectivity index (χ0v) is 19.9. The van der Waals surface area contributed by atoms with Gasteiger partial charge in [0.25, 0.3) is 0 Å². The zero-order chi connectivity index (χ0) is 23.4. The maximum absolute atomic E-state index is 13.2. The summed E-state index contributed by atoms with van der Waals surface area (Å²) in [5.74, 6) is 0.957. The van der Waals surface area contributed by atoms with Crippen LogP contribution in [0.3, 0.4) is 0 Å². The highest BCUT2D eigenvalue weighted by molar-refractivity contribution is 9.10. The van der Waals surface area contributed by atoms with Crippen molar-refractivity contribution < 1.29 is 26.3 Å².